The van der Waals surface area contributed by atoms with E-state index in [0.717, 1.165) is 25.5 Å². The van der Waals surface area contributed by atoms with Crippen LogP contribution in [0.2, 0.25) is 0 Å². The molecule has 0 saturated heterocycles. The average molecular weight is 159 g/mol. The lowest BCUT2D eigenvalue weighted by Crippen LogP contribution is -2.24. The molecule has 0 rings (SSSR count). The van der Waals surface area contributed by atoms with Gasteiger partial charge in [-0.25, -0.2) is 0 Å². The predicted molar refractivity (Wildman–Crippen MR) is 48.8 cm³/mol. The van der Waals surface area contributed by atoms with Crippen LogP contribution in [0.1, 0.15) is 27.2 Å². The van der Waals surface area contributed by atoms with Gasteiger partial charge in [-0.1, -0.05) is 13.8 Å². The molecular weight excluding hydrogens is 138 g/mol. The van der Waals surface area contributed by atoms with E-state index in [0.29, 0.717) is 6.10 Å². The number of nitrogens with one attached hydrogen (secondary N) is 1. The quantitative estimate of drug-likeness (QED) is 0.636. The molecule has 0 spiro atoms. The molecule has 0 aliphatic heterocycles. The predicted octanol–water partition coefficient (Wildman–Crippen LogP) is 1.66. The highest BCUT2D eigenvalue weighted by Crippen LogP contribution is 2.00. The molecule has 11 heavy (non-hydrogen) atoms. The topological polar surface area (TPSA) is 21.3 Å². The average Bonchev–Trinajstić information content (AvgIpc) is 1.87. The minimum Gasteiger partial charge on any atom is -0.377 e. The number of hydrogen-bond acceptors (Lipinski definition) is 2. The Labute approximate surface area is 70.3 Å². The lowest BCUT2D eigenvalue weighted by Gasteiger charge is -2.12. The van der Waals surface area contributed by atoms with Gasteiger partial charge in [0.25, 0.3) is 0 Å². The van der Waals surface area contributed by atoms with E-state index in [1.165, 1.54) is 0 Å². The molecule has 1 unspecified atom stereocenters. The maximum Gasteiger partial charge on any atom is 0.0671 e. The molecule has 0 aromatic rings. The van der Waals surface area contributed by atoms with Crippen molar-refractivity contribution < 1.29 is 4.74 Å². The molecule has 0 aliphatic carbocycles. The number of rotatable bonds is 6. The Morgan fingerprint density at radius 1 is 1.27 bits per heavy atom. The summed E-state index contributed by atoms with van der Waals surface area (Å²) in [5, 5.41) is 3.08. The molecule has 0 heterocycles. The highest BCUT2D eigenvalue weighted by atomic mass is 16.5. The van der Waals surface area contributed by atoms with E-state index < -0.39 is 0 Å². The third-order valence-corrected chi connectivity index (χ3v) is 1.59. The summed E-state index contributed by atoms with van der Waals surface area (Å²) >= 11 is 0. The highest BCUT2D eigenvalue weighted by Gasteiger charge is 2.00. The molecule has 2 nitrogen and oxygen atoms in total. The first-order valence-electron chi connectivity index (χ1n) is 4.43. The van der Waals surface area contributed by atoms with Gasteiger partial charge in [-0.05, 0) is 26.3 Å². The van der Waals surface area contributed by atoms with Gasteiger partial charge in [0.05, 0.1) is 6.10 Å². The number of likely N-dealkylation sites (N-methyl/N-ethyl adjacent to an activating group) is 1. The lowest BCUT2D eigenvalue weighted by molar-refractivity contribution is 0.0600. The van der Waals surface area contributed by atoms with Crippen LogP contribution in [-0.2, 0) is 4.74 Å². The van der Waals surface area contributed by atoms with E-state index in [4.69, 9.17) is 4.74 Å². The molecule has 0 aliphatic rings. The Hall–Kier alpha value is -0.0800. The molecule has 0 radical (unpaired) electrons. The Balaban J connectivity index is 3.10. The maximum absolute atomic E-state index is 5.53. The van der Waals surface area contributed by atoms with Crippen molar-refractivity contribution in [2.45, 2.75) is 33.3 Å². The molecule has 0 aromatic carbocycles. The third-order valence-electron chi connectivity index (χ3n) is 1.59. The van der Waals surface area contributed by atoms with Crippen molar-refractivity contribution >= 4 is 0 Å². The molecule has 0 amide bonds. The van der Waals surface area contributed by atoms with Gasteiger partial charge in [0, 0.05) is 13.2 Å². The SMILES string of the molecule is CNCC(C)OCCC(C)C. The molecule has 1 N–H and O–H groups in total. The van der Waals surface area contributed by atoms with E-state index >= 15 is 0 Å². The smallest absolute Gasteiger partial charge is 0.0671 e. The Morgan fingerprint density at radius 2 is 1.91 bits per heavy atom. The van der Waals surface area contributed by atoms with Crippen molar-refractivity contribution in [3.05, 3.63) is 0 Å². The summed E-state index contributed by atoms with van der Waals surface area (Å²) < 4.78 is 5.53. The van der Waals surface area contributed by atoms with Crippen molar-refractivity contribution in [3.63, 3.8) is 0 Å². The van der Waals surface area contributed by atoms with Gasteiger partial charge < -0.3 is 10.1 Å². The highest BCUT2D eigenvalue weighted by molar-refractivity contribution is 4.52. The normalized spacial score (nSPS) is 13.9. The summed E-state index contributed by atoms with van der Waals surface area (Å²) in [5.41, 5.74) is 0. The zero-order chi connectivity index (χ0) is 8.69. The van der Waals surface area contributed by atoms with E-state index in [1.54, 1.807) is 0 Å². The second-order valence-corrected chi connectivity index (χ2v) is 3.42. The van der Waals surface area contributed by atoms with Gasteiger partial charge in [-0.15, -0.1) is 0 Å². The van der Waals surface area contributed by atoms with E-state index in [1.807, 2.05) is 7.05 Å². The lowest BCUT2D eigenvalue weighted by atomic mass is 10.1. The largest absolute Gasteiger partial charge is 0.377 e. The van der Waals surface area contributed by atoms with Crippen LogP contribution in [-0.4, -0.2) is 26.3 Å². The monoisotopic (exact) mass is 159 g/mol. The summed E-state index contributed by atoms with van der Waals surface area (Å²) in [7, 11) is 1.95. The fourth-order valence-electron chi connectivity index (χ4n) is 0.851. The molecule has 0 fully saturated rings. The van der Waals surface area contributed by atoms with Crippen LogP contribution in [0.4, 0.5) is 0 Å². The van der Waals surface area contributed by atoms with Crippen LogP contribution < -0.4 is 5.32 Å². The van der Waals surface area contributed by atoms with Crippen LogP contribution >= 0.6 is 0 Å². The Kier molecular flexibility index (Phi) is 6.57. The maximum atomic E-state index is 5.53. The molecule has 68 valence electrons. The third kappa shape index (κ3) is 7.82. The number of hydrogen-bond donors (Lipinski definition) is 1. The second-order valence-electron chi connectivity index (χ2n) is 3.42. The summed E-state index contributed by atoms with van der Waals surface area (Å²) in [6.45, 7) is 8.35. The first-order valence-corrected chi connectivity index (χ1v) is 4.43. The first kappa shape index (κ1) is 10.9. The summed E-state index contributed by atoms with van der Waals surface area (Å²) in [5.74, 6) is 0.747. The van der Waals surface area contributed by atoms with Crippen molar-refractivity contribution in [2.75, 3.05) is 20.2 Å². The molecular formula is C9H21NO. The minimum atomic E-state index is 0.346. The van der Waals surface area contributed by atoms with Gasteiger partial charge in [-0.2, -0.15) is 0 Å². The zero-order valence-corrected chi connectivity index (χ0v) is 8.18. The van der Waals surface area contributed by atoms with Crippen LogP contribution in [0.5, 0.6) is 0 Å². The van der Waals surface area contributed by atoms with Crippen molar-refractivity contribution in [2.24, 2.45) is 5.92 Å². The van der Waals surface area contributed by atoms with Gasteiger partial charge in [0.1, 0.15) is 0 Å². The van der Waals surface area contributed by atoms with Gasteiger partial charge in [-0.3, -0.25) is 0 Å². The van der Waals surface area contributed by atoms with Crippen LogP contribution in [0, 0.1) is 5.92 Å². The van der Waals surface area contributed by atoms with Crippen molar-refractivity contribution in [1.29, 1.82) is 0 Å². The van der Waals surface area contributed by atoms with E-state index in [2.05, 4.69) is 26.1 Å². The summed E-state index contributed by atoms with van der Waals surface area (Å²) in [6.07, 6.45) is 1.51. The fraction of sp³-hybridized carbons (Fsp3) is 1.00. The van der Waals surface area contributed by atoms with Gasteiger partial charge in [0.2, 0.25) is 0 Å². The zero-order valence-electron chi connectivity index (χ0n) is 8.18. The molecule has 2 heteroatoms. The van der Waals surface area contributed by atoms with Crippen molar-refractivity contribution in [1.82, 2.24) is 5.32 Å². The van der Waals surface area contributed by atoms with Crippen LogP contribution in [0.25, 0.3) is 0 Å². The molecule has 1 atom stereocenters. The molecule has 0 aromatic heterocycles. The minimum absolute atomic E-state index is 0.346. The molecule has 0 saturated carbocycles. The second kappa shape index (κ2) is 6.62. The van der Waals surface area contributed by atoms with Gasteiger partial charge >= 0.3 is 0 Å². The number of ether oxygens (including phenoxy) is 1. The standard InChI is InChI=1S/C9H21NO/c1-8(2)5-6-11-9(3)7-10-4/h8-10H,5-7H2,1-4H3. The van der Waals surface area contributed by atoms with Crippen LogP contribution in [0.3, 0.4) is 0 Å². The Bertz CT molecular complexity index is 83.6. The summed E-state index contributed by atoms with van der Waals surface area (Å²) in [4.78, 5) is 0. The fourth-order valence-corrected chi connectivity index (χ4v) is 0.851. The first-order chi connectivity index (χ1) is 5.16. The van der Waals surface area contributed by atoms with Crippen LogP contribution in [0.15, 0.2) is 0 Å². The summed E-state index contributed by atoms with van der Waals surface area (Å²) in [6, 6.07) is 0. The molecule has 0 bridgehead atoms. The Morgan fingerprint density at radius 3 is 2.36 bits per heavy atom. The van der Waals surface area contributed by atoms with E-state index in [9.17, 15) is 0 Å². The van der Waals surface area contributed by atoms with Crippen molar-refractivity contribution in [3.8, 4) is 0 Å². The van der Waals surface area contributed by atoms with E-state index in [-0.39, 0.29) is 0 Å². The van der Waals surface area contributed by atoms with Gasteiger partial charge in [0.15, 0.2) is 0 Å².